The molecule has 0 spiro atoms. The van der Waals surface area contributed by atoms with Crippen LogP contribution in [0.15, 0.2) is 0 Å². The van der Waals surface area contributed by atoms with Crippen LogP contribution in [0, 0.1) is 0 Å². The second kappa shape index (κ2) is 7.70. The maximum absolute atomic E-state index is 12.1. The van der Waals surface area contributed by atoms with E-state index in [1.807, 2.05) is 4.90 Å². The first-order valence-electron chi connectivity index (χ1n) is 7.21. The molecule has 17 heavy (non-hydrogen) atoms. The average molecular weight is 240 g/mol. The van der Waals surface area contributed by atoms with E-state index in [0.29, 0.717) is 24.4 Å². The fourth-order valence-corrected chi connectivity index (χ4v) is 2.57. The lowest BCUT2D eigenvalue weighted by molar-refractivity contribution is -0.133. The van der Waals surface area contributed by atoms with Gasteiger partial charge in [-0.2, -0.15) is 0 Å². The molecule has 1 amide bonds. The number of carbonyl (C=O) groups excluding carboxylic acids is 1. The first-order valence-corrected chi connectivity index (χ1v) is 7.21. The predicted octanol–water partition coefficient (Wildman–Crippen LogP) is 2.56. The summed E-state index contributed by atoms with van der Waals surface area (Å²) in [5.74, 6) is 0.328. The summed E-state index contributed by atoms with van der Waals surface area (Å²) in [5.41, 5.74) is 0. The van der Waals surface area contributed by atoms with Crippen molar-refractivity contribution in [1.29, 1.82) is 0 Å². The normalized spacial score (nSPS) is 22.2. The monoisotopic (exact) mass is 240 g/mol. The Bertz CT molecular complexity index is 224. The molecule has 3 nitrogen and oxygen atoms in total. The highest BCUT2D eigenvalue weighted by molar-refractivity contribution is 5.76. The molecular weight excluding hydrogens is 212 g/mol. The number of hydrogen-bond donors (Lipinski definition) is 1. The fraction of sp³-hybridized carbons (Fsp3) is 0.929. The molecule has 1 saturated heterocycles. The molecule has 0 bridgehead atoms. The molecule has 0 aromatic rings. The van der Waals surface area contributed by atoms with E-state index in [1.54, 1.807) is 0 Å². The summed E-state index contributed by atoms with van der Waals surface area (Å²) >= 11 is 0. The van der Waals surface area contributed by atoms with Crippen molar-refractivity contribution in [3.05, 3.63) is 0 Å². The van der Waals surface area contributed by atoms with Crippen LogP contribution in [0.2, 0.25) is 0 Å². The van der Waals surface area contributed by atoms with Crippen LogP contribution in [0.25, 0.3) is 0 Å². The summed E-state index contributed by atoms with van der Waals surface area (Å²) in [5, 5.41) is 3.50. The van der Waals surface area contributed by atoms with Crippen LogP contribution in [0.5, 0.6) is 0 Å². The standard InChI is InChI=1S/C14H28N2O/c1-4-12(3)16(5-2)14(17)10-9-13-8-6-7-11-15-13/h12-13,15H,4-11H2,1-3H3. The Morgan fingerprint density at radius 2 is 2.18 bits per heavy atom. The van der Waals surface area contributed by atoms with Crippen molar-refractivity contribution in [2.75, 3.05) is 13.1 Å². The fourth-order valence-electron chi connectivity index (χ4n) is 2.57. The Kier molecular flexibility index (Phi) is 6.56. The minimum Gasteiger partial charge on any atom is -0.340 e. The second-order valence-corrected chi connectivity index (χ2v) is 5.12. The van der Waals surface area contributed by atoms with Crippen LogP contribution >= 0.6 is 0 Å². The summed E-state index contributed by atoms with van der Waals surface area (Å²) in [7, 11) is 0. The molecule has 0 aliphatic carbocycles. The molecule has 0 saturated carbocycles. The van der Waals surface area contributed by atoms with Gasteiger partial charge in [-0.15, -0.1) is 0 Å². The van der Waals surface area contributed by atoms with Crippen LogP contribution in [-0.4, -0.2) is 36.0 Å². The van der Waals surface area contributed by atoms with E-state index in [4.69, 9.17) is 0 Å². The van der Waals surface area contributed by atoms with Gasteiger partial charge in [0, 0.05) is 25.0 Å². The molecule has 2 unspecified atom stereocenters. The Balaban J connectivity index is 2.31. The van der Waals surface area contributed by atoms with Gasteiger partial charge in [-0.1, -0.05) is 13.3 Å². The highest BCUT2D eigenvalue weighted by Crippen LogP contribution is 2.14. The molecule has 2 atom stereocenters. The van der Waals surface area contributed by atoms with Crippen LogP contribution in [0.1, 0.15) is 59.3 Å². The van der Waals surface area contributed by atoms with Crippen molar-refractivity contribution in [2.45, 2.75) is 71.4 Å². The quantitative estimate of drug-likeness (QED) is 0.774. The molecular formula is C14H28N2O. The predicted molar refractivity (Wildman–Crippen MR) is 72.0 cm³/mol. The molecule has 1 aliphatic rings. The van der Waals surface area contributed by atoms with Gasteiger partial charge in [-0.3, -0.25) is 4.79 Å². The minimum absolute atomic E-state index is 0.328. The van der Waals surface area contributed by atoms with E-state index in [9.17, 15) is 4.79 Å². The summed E-state index contributed by atoms with van der Waals surface area (Å²) in [6.07, 6.45) is 6.60. The topological polar surface area (TPSA) is 32.3 Å². The highest BCUT2D eigenvalue weighted by atomic mass is 16.2. The van der Waals surface area contributed by atoms with Crippen LogP contribution in [-0.2, 0) is 4.79 Å². The summed E-state index contributed by atoms with van der Waals surface area (Å²) in [4.78, 5) is 14.1. The smallest absolute Gasteiger partial charge is 0.222 e. The van der Waals surface area contributed by atoms with Gasteiger partial charge in [0.1, 0.15) is 0 Å². The molecule has 1 aliphatic heterocycles. The van der Waals surface area contributed by atoms with E-state index < -0.39 is 0 Å². The highest BCUT2D eigenvalue weighted by Gasteiger charge is 2.19. The molecule has 0 radical (unpaired) electrons. The molecule has 3 heteroatoms. The van der Waals surface area contributed by atoms with Crippen LogP contribution in [0.3, 0.4) is 0 Å². The zero-order valence-electron chi connectivity index (χ0n) is 11.7. The lowest BCUT2D eigenvalue weighted by Gasteiger charge is -2.29. The number of rotatable bonds is 6. The largest absolute Gasteiger partial charge is 0.340 e. The van der Waals surface area contributed by atoms with Gasteiger partial charge in [0.05, 0.1) is 0 Å². The van der Waals surface area contributed by atoms with E-state index in [2.05, 4.69) is 26.1 Å². The van der Waals surface area contributed by atoms with Gasteiger partial charge < -0.3 is 10.2 Å². The number of amides is 1. The Hall–Kier alpha value is -0.570. The van der Waals surface area contributed by atoms with Crippen molar-refractivity contribution in [1.82, 2.24) is 10.2 Å². The van der Waals surface area contributed by atoms with E-state index in [0.717, 1.165) is 25.9 Å². The zero-order valence-corrected chi connectivity index (χ0v) is 11.7. The van der Waals surface area contributed by atoms with Crippen LogP contribution in [0.4, 0.5) is 0 Å². The number of nitrogens with one attached hydrogen (secondary N) is 1. The third-order valence-corrected chi connectivity index (χ3v) is 3.90. The summed E-state index contributed by atoms with van der Waals surface area (Å²) in [6, 6.07) is 0.954. The number of nitrogens with zero attached hydrogens (tertiary/aromatic N) is 1. The molecule has 100 valence electrons. The Morgan fingerprint density at radius 3 is 2.71 bits per heavy atom. The third kappa shape index (κ3) is 4.66. The van der Waals surface area contributed by atoms with E-state index in [-0.39, 0.29) is 0 Å². The van der Waals surface area contributed by atoms with E-state index in [1.165, 1.54) is 19.3 Å². The van der Waals surface area contributed by atoms with Crippen molar-refractivity contribution >= 4 is 5.91 Å². The molecule has 1 fully saturated rings. The van der Waals surface area contributed by atoms with Crippen molar-refractivity contribution in [2.24, 2.45) is 0 Å². The minimum atomic E-state index is 0.328. The van der Waals surface area contributed by atoms with Crippen molar-refractivity contribution in [3.8, 4) is 0 Å². The van der Waals surface area contributed by atoms with Gasteiger partial charge in [0.2, 0.25) is 5.91 Å². The first-order chi connectivity index (χ1) is 8.19. The van der Waals surface area contributed by atoms with Crippen molar-refractivity contribution < 1.29 is 4.79 Å². The third-order valence-electron chi connectivity index (χ3n) is 3.90. The zero-order chi connectivity index (χ0) is 12.7. The summed E-state index contributed by atoms with van der Waals surface area (Å²) in [6.45, 7) is 8.32. The average Bonchev–Trinajstić information content (AvgIpc) is 2.38. The van der Waals surface area contributed by atoms with Crippen LogP contribution < -0.4 is 5.32 Å². The van der Waals surface area contributed by atoms with Gasteiger partial charge >= 0.3 is 0 Å². The molecule has 1 N–H and O–H groups in total. The van der Waals surface area contributed by atoms with Gasteiger partial charge in [-0.25, -0.2) is 0 Å². The van der Waals surface area contributed by atoms with E-state index >= 15 is 0 Å². The number of carbonyl (C=O) groups is 1. The van der Waals surface area contributed by atoms with Gasteiger partial charge in [-0.05, 0) is 46.1 Å². The molecule has 0 aromatic carbocycles. The maximum atomic E-state index is 12.1. The summed E-state index contributed by atoms with van der Waals surface area (Å²) < 4.78 is 0. The first kappa shape index (κ1) is 14.5. The second-order valence-electron chi connectivity index (χ2n) is 5.12. The maximum Gasteiger partial charge on any atom is 0.222 e. The lowest BCUT2D eigenvalue weighted by atomic mass is 10.00. The van der Waals surface area contributed by atoms with Gasteiger partial charge in [0.15, 0.2) is 0 Å². The van der Waals surface area contributed by atoms with Gasteiger partial charge in [0.25, 0.3) is 0 Å². The Labute approximate surface area is 106 Å². The number of hydrogen-bond acceptors (Lipinski definition) is 2. The molecule has 1 rings (SSSR count). The van der Waals surface area contributed by atoms with Crippen molar-refractivity contribution in [3.63, 3.8) is 0 Å². The molecule has 1 heterocycles. The number of piperidine rings is 1. The lowest BCUT2D eigenvalue weighted by Crippen LogP contribution is -2.40. The SMILES string of the molecule is CCC(C)N(CC)C(=O)CCC1CCCCN1. The Morgan fingerprint density at radius 1 is 1.41 bits per heavy atom. The molecule has 0 aromatic heterocycles.